The highest BCUT2D eigenvalue weighted by atomic mass is 32.2. The molecular weight excluding hydrogens is 326 g/mol. The summed E-state index contributed by atoms with van der Waals surface area (Å²) in [7, 11) is -3.80. The normalized spacial score (nSPS) is 18.2. The highest BCUT2D eigenvalue weighted by Gasteiger charge is 2.25. The van der Waals surface area contributed by atoms with Crippen LogP contribution in [0.4, 0.5) is 0 Å². The molecule has 0 aromatic heterocycles. The van der Waals surface area contributed by atoms with E-state index in [-0.39, 0.29) is 17.3 Å². The fourth-order valence-electron chi connectivity index (χ4n) is 2.99. The van der Waals surface area contributed by atoms with Crippen molar-refractivity contribution < 1.29 is 13.2 Å². The number of sulfonamides is 1. The molecule has 1 N–H and O–H groups in total. The van der Waals surface area contributed by atoms with Gasteiger partial charge in [0, 0.05) is 18.7 Å². The quantitative estimate of drug-likeness (QED) is 0.824. The number of hydrogen-bond acceptors (Lipinski definition) is 4. The molecule has 0 bridgehead atoms. The van der Waals surface area contributed by atoms with Crippen LogP contribution in [0.3, 0.4) is 0 Å². The number of carbonyl (C=O) groups is 1. The molecule has 130 valence electrons. The Labute approximate surface area is 143 Å². The van der Waals surface area contributed by atoms with Crippen molar-refractivity contribution in [3.8, 4) is 6.07 Å². The molecule has 1 atom stereocenters. The van der Waals surface area contributed by atoms with Crippen molar-refractivity contribution in [3.63, 3.8) is 0 Å². The number of nitrogens with one attached hydrogen (secondary N) is 1. The first-order valence-corrected chi connectivity index (χ1v) is 9.64. The molecule has 1 saturated heterocycles. The van der Waals surface area contributed by atoms with E-state index in [1.165, 1.54) is 6.07 Å². The van der Waals surface area contributed by atoms with Gasteiger partial charge in [0.05, 0.1) is 17.5 Å². The van der Waals surface area contributed by atoms with Crippen molar-refractivity contribution >= 4 is 15.9 Å². The first-order valence-electron chi connectivity index (χ1n) is 8.15. The Morgan fingerprint density at radius 3 is 2.88 bits per heavy atom. The summed E-state index contributed by atoms with van der Waals surface area (Å²) in [4.78, 5) is 14.6. The number of amides is 1. The van der Waals surface area contributed by atoms with Crippen molar-refractivity contribution in [2.24, 2.45) is 5.92 Å². The lowest BCUT2D eigenvalue weighted by Crippen LogP contribution is -2.39. The summed E-state index contributed by atoms with van der Waals surface area (Å²) >= 11 is 0. The third-order valence-corrected chi connectivity index (χ3v) is 5.99. The van der Waals surface area contributed by atoms with Gasteiger partial charge in [-0.25, -0.2) is 8.42 Å². The highest BCUT2D eigenvalue weighted by molar-refractivity contribution is 7.89. The molecule has 1 amide bonds. The number of hydrogen-bond donors (Lipinski definition) is 1. The van der Waals surface area contributed by atoms with Gasteiger partial charge in [-0.15, -0.1) is 0 Å². The topological polar surface area (TPSA) is 90.3 Å². The number of rotatable bonds is 5. The van der Waals surface area contributed by atoms with E-state index in [4.69, 9.17) is 5.26 Å². The second-order valence-electron chi connectivity index (χ2n) is 6.13. The summed E-state index contributed by atoms with van der Waals surface area (Å²) in [6, 6.07) is 6.46. The van der Waals surface area contributed by atoms with Crippen LogP contribution < -0.4 is 4.72 Å². The Bertz CT molecular complexity index is 753. The SMILES string of the molecule is CC[C@H]1CCCN(C(=O)c2ccc(C)c(S(=O)(=O)NCC#N)c2)C1. The number of nitriles is 1. The van der Waals surface area contributed by atoms with Crippen LogP contribution in [0.5, 0.6) is 0 Å². The molecule has 1 aliphatic heterocycles. The summed E-state index contributed by atoms with van der Waals surface area (Å²) < 4.78 is 26.8. The Kier molecular flexibility index (Phi) is 5.97. The second kappa shape index (κ2) is 7.77. The summed E-state index contributed by atoms with van der Waals surface area (Å²) in [5.41, 5.74) is 0.914. The van der Waals surface area contributed by atoms with Gasteiger partial charge < -0.3 is 4.90 Å². The van der Waals surface area contributed by atoms with Crippen molar-refractivity contribution in [2.75, 3.05) is 19.6 Å². The summed E-state index contributed by atoms with van der Waals surface area (Å²) in [5.74, 6) is 0.374. The zero-order chi connectivity index (χ0) is 17.7. The van der Waals surface area contributed by atoms with Crippen molar-refractivity contribution in [2.45, 2.75) is 38.0 Å². The fraction of sp³-hybridized carbons (Fsp3) is 0.529. The lowest BCUT2D eigenvalue weighted by molar-refractivity contribution is 0.0671. The van der Waals surface area contributed by atoms with Crippen LogP contribution in [-0.2, 0) is 10.0 Å². The van der Waals surface area contributed by atoms with Crippen LogP contribution in [0.1, 0.15) is 42.1 Å². The van der Waals surface area contributed by atoms with E-state index in [0.717, 1.165) is 25.8 Å². The highest BCUT2D eigenvalue weighted by Crippen LogP contribution is 2.23. The third kappa shape index (κ3) is 4.13. The zero-order valence-corrected chi connectivity index (χ0v) is 14.9. The Morgan fingerprint density at radius 1 is 1.46 bits per heavy atom. The first-order chi connectivity index (χ1) is 11.4. The number of piperidine rings is 1. The largest absolute Gasteiger partial charge is 0.338 e. The van der Waals surface area contributed by atoms with Gasteiger partial charge in [0.1, 0.15) is 0 Å². The molecule has 24 heavy (non-hydrogen) atoms. The molecule has 0 saturated carbocycles. The van der Waals surface area contributed by atoms with E-state index in [1.807, 2.05) is 0 Å². The minimum absolute atomic E-state index is 0.0488. The van der Waals surface area contributed by atoms with Gasteiger partial charge in [-0.05, 0) is 43.4 Å². The molecule has 6 nitrogen and oxygen atoms in total. The maximum absolute atomic E-state index is 12.7. The molecular formula is C17H23N3O3S. The number of nitrogens with zero attached hydrogens (tertiary/aromatic N) is 2. The van der Waals surface area contributed by atoms with E-state index in [2.05, 4.69) is 11.6 Å². The average Bonchev–Trinajstić information content (AvgIpc) is 2.59. The molecule has 0 unspecified atom stereocenters. The molecule has 0 aliphatic carbocycles. The van der Waals surface area contributed by atoms with Crippen LogP contribution >= 0.6 is 0 Å². The van der Waals surface area contributed by atoms with Crippen LogP contribution in [0.15, 0.2) is 23.1 Å². The van der Waals surface area contributed by atoms with Gasteiger partial charge in [-0.2, -0.15) is 9.98 Å². The Morgan fingerprint density at radius 2 is 2.21 bits per heavy atom. The maximum Gasteiger partial charge on any atom is 0.253 e. The van der Waals surface area contributed by atoms with Crippen LogP contribution in [0.25, 0.3) is 0 Å². The predicted octanol–water partition coefficient (Wildman–Crippen LogP) is 2.06. The van der Waals surface area contributed by atoms with E-state index in [1.54, 1.807) is 30.0 Å². The molecule has 2 rings (SSSR count). The molecule has 0 radical (unpaired) electrons. The van der Waals surface area contributed by atoms with Crippen LogP contribution in [0.2, 0.25) is 0 Å². The molecule has 0 spiro atoms. The predicted molar refractivity (Wildman–Crippen MR) is 90.9 cm³/mol. The standard InChI is InChI=1S/C17H23N3O3S/c1-3-14-5-4-10-20(12-14)17(21)15-7-6-13(2)16(11-15)24(22,23)19-9-8-18/h6-7,11,14,19H,3-5,9-10,12H2,1-2H3/t14-/m0/s1. The van der Waals surface area contributed by atoms with E-state index in [0.29, 0.717) is 23.6 Å². The minimum Gasteiger partial charge on any atom is -0.338 e. The van der Waals surface area contributed by atoms with Gasteiger partial charge in [0.25, 0.3) is 5.91 Å². The van der Waals surface area contributed by atoms with Gasteiger partial charge >= 0.3 is 0 Å². The molecule has 1 aromatic carbocycles. The van der Waals surface area contributed by atoms with E-state index < -0.39 is 10.0 Å². The molecule has 7 heteroatoms. The van der Waals surface area contributed by atoms with Crippen molar-refractivity contribution in [1.29, 1.82) is 5.26 Å². The molecule has 1 aromatic rings. The third-order valence-electron chi connectivity index (χ3n) is 4.45. The van der Waals surface area contributed by atoms with E-state index >= 15 is 0 Å². The molecule has 1 aliphatic rings. The summed E-state index contributed by atoms with van der Waals surface area (Å²) in [5, 5.41) is 8.57. The smallest absolute Gasteiger partial charge is 0.253 e. The zero-order valence-electron chi connectivity index (χ0n) is 14.1. The van der Waals surface area contributed by atoms with Crippen molar-refractivity contribution in [3.05, 3.63) is 29.3 Å². The lowest BCUT2D eigenvalue weighted by Gasteiger charge is -2.32. The summed E-state index contributed by atoms with van der Waals surface area (Å²) in [6.45, 7) is 4.92. The van der Waals surface area contributed by atoms with Crippen molar-refractivity contribution in [1.82, 2.24) is 9.62 Å². The Hall–Kier alpha value is -1.91. The van der Waals surface area contributed by atoms with Crippen LogP contribution in [-0.4, -0.2) is 38.9 Å². The Balaban J connectivity index is 2.27. The lowest BCUT2D eigenvalue weighted by atomic mass is 9.95. The molecule has 1 heterocycles. The van der Waals surface area contributed by atoms with Crippen LogP contribution in [0, 0.1) is 24.2 Å². The number of benzene rings is 1. The number of likely N-dealkylation sites (tertiary alicyclic amines) is 1. The van der Waals surface area contributed by atoms with Gasteiger partial charge in [0.2, 0.25) is 10.0 Å². The maximum atomic E-state index is 12.7. The minimum atomic E-state index is -3.80. The monoisotopic (exact) mass is 349 g/mol. The fourth-order valence-corrected chi connectivity index (χ4v) is 4.18. The van der Waals surface area contributed by atoms with Gasteiger partial charge in [-0.1, -0.05) is 19.4 Å². The van der Waals surface area contributed by atoms with Gasteiger partial charge in [0.15, 0.2) is 0 Å². The number of carbonyl (C=O) groups excluding carboxylic acids is 1. The number of aryl methyl sites for hydroxylation is 1. The molecule has 1 fully saturated rings. The second-order valence-corrected chi connectivity index (χ2v) is 7.87. The van der Waals surface area contributed by atoms with E-state index in [9.17, 15) is 13.2 Å². The summed E-state index contributed by atoms with van der Waals surface area (Å²) in [6.07, 6.45) is 3.15. The average molecular weight is 349 g/mol. The van der Waals surface area contributed by atoms with Gasteiger partial charge in [-0.3, -0.25) is 4.79 Å². The first kappa shape index (κ1) is 18.4.